The molecule has 0 saturated heterocycles. The largest absolute Gasteiger partial charge is 0.306 e. The number of nitrogens with zero attached hydrogens (tertiary/aromatic N) is 2. The van der Waals surface area contributed by atoms with Crippen molar-refractivity contribution < 1.29 is 0 Å². The van der Waals surface area contributed by atoms with Gasteiger partial charge in [0.25, 0.3) is 0 Å². The van der Waals surface area contributed by atoms with Crippen LogP contribution < -0.4 is 5.32 Å². The van der Waals surface area contributed by atoms with E-state index < -0.39 is 0 Å². The van der Waals surface area contributed by atoms with Gasteiger partial charge in [0.2, 0.25) is 0 Å². The molecule has 0 bridgehead atoms. The maximum atomic E-state index is 4.39. The molecule has 1 heterocycles. The van der Waals surface area contributed by atoms with Gasteiger partial charge in [0.1, 0.15) is 0 Å². The van der Waals surface area contributed by atoms with E-state index in [1.807, 2.05) is 24.0 Å². The first kappa shape index (κ1) is 12.9. The van der Waals surface area contributed by atoms with E-state index in [2.05, 4.69) is 44.5 Å². The van der Waals surface area contributed by atoms with Gasteiger partial charge in [0, 0.05) is 35.4 Å². The number of nitrogens with one attached hydrogen (secondary N) is 1. The highest BCUT2D eigenvalue weighted by atomic mass is 79.9. The van der Waals surface area contributed by atoms with Crippen LogP contribution in [0.1, 0.15) is 35.7 Å². The molecular weight excluding hydrogens is 302 g/mol. The Bertz CT molecular complexity index is 577. The number of aromatic nitrogens is 2. The number of hydrogen-bond donors (Lipinski definition) is 1. The van der Waals surface area contributed by atoms with Crippen LogP contribution in [0.4, 0.5) is 0 Å². The molecule has 0 amide bonds. The first-order valence-corrected chi connectivity index (χ1v) is 7.52. The summed E-state index contributed by atoms with van der Waals surface area (Å²) >= 11 is 3.60. The lowest BCUT2D eigenvalue weighted by Crippen LogP contribution is -2.25. The molecule has 1 aromatic heterocycles. The molecule has 0 fully saturated rings. The summed E-state index contributed by atoms with van der Waals surface area (Å²) in [6.07, 6.45) is 5.61. The van der Waals surface area contributed by atoms with Crippen LogP contribution in [0.2, 0.25) is 0 Å². The molecule has 1 unspecified atom stereocenters. The molecule has 0 saturated carbocycles. The van der Waals surface area contributed by atoms with Crippen molar-refractivity contribution in [3.63, 3.8) is 0 Å². The molecule has 0 radical (unpaired) electrons. The minimum Gasteiger partial charge on any atom is -0.306 e. The molecule has 1 aromatic carbocycles. The Labute approximate surface area is 122 Å². The average molecular weight is 320 g/mol. The van der Waals surface area contributed by atoms with Crippen molar-refractivity contribution in [1.82, 2.24) is 15.1 Å². The summed E-state index contributed by atoms with van der Waals surface area (Å²) in [4.78, 5) is 0. The number of aryl methyl sites for hydroxylation is 1. The lowest BCUT2D eigenvalue weighted by molar-refractivity contribution is 0.451. The second-order valence-corrected chi connectivity index (χ2v) is 5.94. The fraction of sp³-hybridized carbons (Fsp3) is 0.400. The van der Waals surface area contributed by atoms with Crippen molar-refractivity contribution >= 4 is 15.9 Å². The van der Waals surface area contributed by atoms with E-state index in [0.29, 0.717) is 6.04 Å². The summed E-state index contributed by atoms with van der Waals surface area (Å²) in [5, 5.41) is 8.05. The van der Waals surface area contributed by atoms with Crippen molar-refractivity contribution in [2.24, 2.45) is 7.05 Å². The summed E-state index contributed by atoms with van der Waals surface area (Å²) in [7, 11) is 2.04. The SMILES string of the molecule is Cn1ncc2c1CCCC2NCc1ccccc1Br. The lowest BCUT2D eigenvalue weighted by Gasteiger charge is -2.24. The zero-order chi connectivity index (χ0) is 13.2. The summed E-state index contributed by atoms with van der Waals surface area (Å²) in [5.74, 6) is 0. The van der Waals surface area contributed by atoms with Crippen molar-refractivity contribution in [3.05, 3.63) is 51.8 Å². The Morgan fingerprint density at radius 2 is 2.26 bits per heavy atom. The molecule has 1 N–H and O–H groups in total. The summed E-state index contributed by atoms with van der Waals surface area (Å²) in [6.45, 7) is 0.889. The molecule has 100 valence electrons. The number of benzene rings is 1. The van der Waals surface area contributed by atoms with E-state index in [9.17, 15) is 0 Å². The zero-order valence-corrected chi connectivity index (χ0v) is 12.7. The van der Waals surface area contributed by atoms with E-state index in [1.165, 1.54) is 34.1 Å². The molecule has 19 heavy (non-hydrogen) atoms. The first-order chi connectivity index (χ1) is 9.25. The predicted octanol–water partition coefficient (Wildman–Crippen LogP) is 3.35. The number of hydrogen-bond acceptors (Lipinski definition) is 2. The smallest absolute Gasteiger partial charge is 0.0540 e. The molecule has 4 heteroatoms. The highest BCUT2D eigenvalue weighted by Crippen LogP contribution is 2.29. The molecule has 2 aromatic rings. The van der Waals surface area contributed by atoms with Crippen LogP contribution in [-0.2, 0) is 20.0 Å². The highest BCUT2D eigenvalue weighted by Gasteiger charge is 2.22. The number of halogens is 1. The van der Waals surface area contributed by atoms with Crippen LogP contribution >= 0.6 is 15.9 Å². The predicted molar refractivity (Wildman–Crippen MR) is 79.9 cm³/mol. The zero-order valence-electron chi connectivity index (χ0n) is 11.1. The van der Waals surface area contributed by atoms with Crippen molar-refractivity contribution in [2.45, 2.75) is 31.8 Å². The molecule has 0 spiro atoms. The van der Waals surface area contributed by atoms with Gasteiger partial charge in [0.15, 0.2) is 0 Å². The molecule has 3 rings (SSSR count). The van der Waals surface area contributed by atoms with Gasteiger partial charge in [0.05, 0.1) is 6.20 Å². The van der Waals surface area contributed by atoms with Gasteiger partial charge in [-0.05, 0) is 30.9 Å². The van der Waals surface area contributed by atoms with Crippen LogP contribution in [0.25, 0.3) is 0 Å². The quantitative estimate of drug-likeness (QED) is 0.940. The third-order valence-corrected chi connectivity index (χ3v) is 4.65. The Balaban J connectivity index is 1.73. The van der Waals surface area contributed by atoms with Gasteiger partial charge < -0.3 is 5.32 Å². The summed E-state index contributed by atoms with van der Waals surface area (Å²) in [5.41, 5.74) is 4.06. The van der Waals surface area contributed by atoms with Gasteiger partial charge in [-0.1, -0.05) is 34.1 Å². The minimum absolute atomic E-state index is 0.435. The molecule has 1 atom stereocenters. The Morgan fingerprint density at radius 3 is 3.11 bits per heavy atom. The summed E-state index contributed by atoms with van der Waals surface area (Å²) < 4.78 is 3.19. The van der Waals surface area contributed by atoms with Crippen LogP contribution in [0.15, 0.2) is 34.9 Å². The normalized spacial score (nSPS) is 18.3. The van der Waals surface area contributed by atoms with E-state index in [4.69, 9.17) is 0 Å². The van der Waals surface area contributed by atoms with E-state index in [0.717, 1.165) is 13.0 Å². The van der Waals surface area contributed by atoms with E-state index in [1.54, 1.807) is 0 Å². The summed E-state index contributed by atoms with van der Waals surface area (Å²) in [6, 6.07) is 8.81. The third kappa shape index (κ3) is 2.60. The van der Waals surface area contributed by atoms with Crippen LogP contribution in [0.3, 0.4) is 0 Å². The Hall–Kier alpha value is -1.13. The third-order valence-electron chi connectivity index (χ3n) is 3.87. The fourth-order valence-corrected chi connectivity index (χ4v) is 3.22. The van der Waals surface area contributed by atoms with Gasteiger partial charge >= 0.3 is 0 Å². The van der Waals surface area contributed by atoms with Gasteiger partial charge in [-0.3, -0.25) is 4.68 Å². The average Bonchev–Trinajstić information content (AvgIpc) is 2.81. The van der Waals surface area contributed by atoms with Gasteiger partial charge in [-0.15, -0.1) is 0 Å². The maximum absolute atomic E-state index is 4.39. The minimum atomic E-state index is 0.435. The van der Waals surface area contributed by atoms with E-state index >= 15 is 0 Å². The molecule has 0 aliphatic heterocycles. The van der Waals surface area contributed by atoms with Crippen molar-refractivity contribution in [2.75, 3.05) is 0 Å². The Morgan fingerprint density at radius 1 is 1.42 bits per heavy atom. The lowest BCUT2D eigenvalue weighted by atomic mass is 9.93. The van der Waals surface area contributed by atoms with Crippen LogP contribution in [0.5, 0.6) is 0 Å². The second kappa shape index (κ2) is 5.47. The maximum Gasteiger partial charge on any atom is 0.0540 e. The van der Waals surface area contributed by atoms with Gasteiger partial charge in [-0.25, -0.2) is 0 Å². The van der Waals surface area contributed by atoms with E-state index in [-0.39, 0.29) is 0 Å². The fourth-order valence-electron chi connectivity index (χ4n) is 2.79. The monoisotopic (exact) mass is 319 g/mol. The Kier molecular flexibility index (Phi) is 3.71. The first-order valence-electron chi connectivity index (χ1n) is 6.73. The molecule has 3 nitrogen and oxygen atoms in total. The topological polar surface area (TPSA) is 29.9 Å². The second-order valence-electron chi connectivity index (χ2n) is 5.09. The number of rotatable bonds is 3. The van der Waals surface area contributed by atoms with Crippen LogP contribution in [-0.4, -0.2) is 9.78 Å². The highest BCUT2D eigenvalue weighted by molar-refractivity contribution is 9.10. The van der Waals surface area contributed by atoms with Crippen LogP contribution in [0, 0.1) is 0 Å². The molecule has 1 aliphatic carbocycles. The van der Waals surface area contributed by atoms with Crippen molar-refractivity contribution in [1.29, 1.82) is 0 Å². The molecular formula is C15H18BrN3. The standard InChI is InChI=1S/C15H18BrN3/c1-19-15-8-4-7-14(12(15)10-18-19)17-9-11-5-2-3-6-13(11)16/h2-3,5-6,10,14,17H,4,7-9H2,1H3. The number of fused-ring (bicyclic) bond motifs is 1. The van der Waals surface area contributed by atoms with Crippen molar-refractivity contribution in [3.8, 4) is 0 Å². The van der Waals surface area contributed by atoms with Gasteiger partial charge in [-0.2, -0.15) is 5.10 Å². The molecule has 1 aliphatic rings.